The maximum Gasteiger partial charge on any atom is 0.239 e. The molecule has 0 aliphatic carbocycles. The fourth-order valence-electron chi connectivity index (χ4n) is 1.29. The molecule has 0 aliphatic rings. The largest absolute Gasteiger partial charge is 0.383 e. The van der Waals surface area contributed by atoms with Crippen molar-refractivity contribution < 1.29 is 17.9 Å². The highest BCUT2D eigenvalue weighted by Crippen LogP contribution is 2.01. The lowest BCUT2D eigenvalue weighted by atomic mass is 10.5. The number of carbonyl (C=O) groups excluding carboxylic acids is 1. The van der Waals surface area contributed by atoms with Gasteiger partial charge in [-0.15, -0.1) is 0 Å². The minimum atomic E-state index is -3.53. The molecule has 0 atom stereocenters. The van der Waals surface area contributed by atoms with Crippen LogP contribution in [-0.4, -0.2) is 69.7 Å². The van der Waals surface area contributed by atoms with Gasteiger partial charge in [-0.05, 0) is 13.8 Å². The minimum absolute atomic E-state index is 0.254. The van der Waals surface area contributed by atoms with Gasteiger partial charge in [-0.1, -0.05) is 0 Å². The van der Waals surface area contributed by atoms with Crippen molar-refractivity contribution in [3.63, 3.8) is 0 Å². The van der Waals surface area contributed by atoms with E-state index in [1.807, 2.05) is 13.8 Å². The van der Waals surface area contributed by atoms with Crippen molar-refractivity contribution in [3.8, 4) is 0 Å². The summed E-state index contributed by atoms with van der Waals surface area (Å²) < 4.78 is 29.6. The maximum absolute atomic E-state index is 11.8. The number of rotatable bonds is 8. The first-order valence-corrected chi connectivity index (χ1v) is 7.20. The van der Waals surface area contributed by atoms with Crippen LogP contribution < -0.4 is 0 Å². The zero-order chi connectivity index (χ0) is 13.5. The van der Waals surface area contributed by atoms with E-state index >= 15 is 0 Å². The molecule has 0 N–H and O–H groups in total. The molecule has 0 saturated heterocycles. The number of sulfonamides is 1. The third-order valence-corrected chi connectivity index (χ3v) is 4.25. The van der Waals surface area contributed by atoms with Crippen molar-refractivity contribution in [3.05, 3.63) is 0 Å². The van der Waals surface area contributed by atoms with Crippen LogP contribution in [-0.2, 0) is 19.6 Å². The minimum Gasteiger partial charge on any atom is -0.383 e. The number of amides is 1. The average molecular weight is 266 g/mol. The average Bonchev–Trinajstić information content (AvgIpc) is 2.26. The second kappa shape index (κ2) is 7.62. The van der Waals surface area contributed by atoms with Crippen LogP contribution >= 0.6 is 0 Å². The summed E-state index contributed by atoms with van der Waals surface area (Å²) in [6.45, 7) is 5.25. The van der Waals surface area contributed by atoms with Crippen molar-refractivity contribution in [1.29, 1.82) is 0 Å². The predicted molar refractivity (Wildman–Crippen MR) is 66.2 cm³/mol. The molecule has 0 bridgehead atoms. The Morgan fingerprint density at radius 1 is 1.24 bits per heavy atom. The summed E-state index contributed by atoms with van der Waals surface area (Å²) in [6.07, 6.45) is 0. The fourth-order valence-corrected chi connectivity index (χ4v) is 2.36. The standard InChI is InChI=1S/C10H22N2O4S/c1-5-12(6-2)10(13)9-17(14,15)11(3)7-8-16-4/h5-9H2,1-4H3. The Hall–Kier alpha value is -0.660. The van der Waals surface area contributed by atoms with E-state index in [0.29, 0.717) is 19.7 Å². The molecule has 0 unspecified atom stereocenters. The van der Waals surface area contributed by atoms with Crippen LogP contribution in [0, 0.1) is 0 Å². The van der Waals surface area contributed by atoms with Gasteiger partial charge in [0, 0.05) is 33.8 Å². The fraction of sp³-hybridized carbons (Fsp3) is 0.900. The smallest absolute Gasteiger partial charge is 0.239 e. The molecule has 0 heterocycles. The van der Waals surface area contributed by atoms with Crippen molar-refractivity contribution in [2.45, 2.75) is 13.8 Å². The molecule has 0 fully saturated rings. The topological polar surface area (TPSA) is 66.9 Å². The summed E-state index contributed by atoms with van der Waals surface area (Å²) in [4.78, 5) is 13.2. The normalized spacial score (nSPS) is 11.8. The van der Waals surface area contributed by atoms with Crippen LogP contribution in [0.1, 0.15) is 13.8 Å². The van der Waals surface area contributed by atoms with E-state index in [9.17, 15) is 13.2 Å². The lowest BCUT2D eigenvalue weighted by Crippen LogP contribution is -2.40. The first kappa shape index (κ1) is 16.3. The van der Waals surface area contributed by atoms with Crippen LogP contribution in [0.4, 0.5) is 0 Å². The Bertz CT molecular complexity index is 325. The van der Waals surface area contributed by atoms with E-state index in [2.05, 4.69) is 0 Å². The van der Waals surface area contributed by atoms with Crippen molar-refractivity contribution in [1.82, 2.24) is 9.21 Å². The highest BCUT2D eigenvalue weighted by Gasteiger charge is 2.23. The molecule has 0 spiro atoms. The van der Waals surface area contributed by atoms with Crippen LogP contribution in [0.3, 0.4) is 0 Å². The first-order valence-electron chi connectivity index (χ1n) is 5.59. The second-order valence-corrected chi connectivity index (χ2v) is 5.71. The Labute approximate surface area is 104 Å². The monoisotopic (exact) mass is 266 g/mol. The van der Waals surface area contributed by atoms with Gasteiger partial charge in [-0.2, -0.15) is 0 Å². The van der Waals surface area contributed by atoms with Crippen molar-refractivity contribution in [2.24, 2.45) is 0 Å². The zero-order valence-corrected chi connectivity index (χ0v) is 11.8. The third-order valence-electron chi connectivity index (χ3n) is 2.51. The van der Waals surface area contributed by atoms with Crippen LogP contribution in [0.2, 0.25) is 0 Å². The number of ether oxygens (including phenoxy) is 1. The second-order valence-electron chi connectivity index (χ2n) is 3.64. The van der Waals surface area contributed by atoms with Gasteiger partial charge in [0.05, 0.1) is 6.61 Å². The molecule has 17 heavy (non-hydrogen) atoms. The molecule has 1 amide bonds. The quantitative estimate of drug-likeness (QED) is 0.608. The van der Waals surface area contributed by atoms with E-state index in [1.165, 1.54) is 19.1 Å². The zero-order valence-electron chi connectivity index (χ0n) is 11.0. The number of hydrogen-bond donors (Lipinski definition) is 0. The van der Waals surface area contributed by atoms with Crippen LogP contribution in [0.25, 0.3) is 0 Å². The first-order chi connectivity index (χ1) is 7.88. The number of carbonyl (C=O) groups is 1. The molecule has 7 heteroatoms. The van der Waals surface area contributed by atoms with Gasteiger partial charge in [0.1, 0.15) is 5.75 Å². The van der Waals surface area contributed by atoms with Gasteiger partial charge in [0.15, 0.2) is 0 Å². The van der Waals surface area contributed by atoms with Crippen molar-refractivity contribution >= 4 is 15.9 Å². The molecule has 0 aliphatic heterocycles. The molecule has 0 rings (SSSR count). The van der Waals surface area contributed by atoms with E-state index < -0.39 is 15.8 Å². The van der Waals surface area contributed by atoms with E-state index in [0.717, 1.165) is 4.31 Å². The Morgan fingerprint density at radius 3 is 2.18 bits per heavy atom. The third kappa shape index (κ3) is 5.47. The number of likely N-dealkylation sites (N-methyl/N-ethyl adjacent to an activating group) is 1. The summed E-state index contributed by atoms with van der Waals surface area (Å²) in [6, 6.07) is 0. The molecule has 102 valence electrons. The molecule has 6 nitrogen and oxygen atoms in total. The SMILES string of the molecule is CCN(CC)C(=O)CS(=O)(=O)N(C)CCOC. The van der Waals surface area contributed by atoms with Gasteiger partial charge in [-0.3, -0.25) is 4.79 Å². The summed E-state index contributed by atoms with van der Waals surface area (Å²) in [5.74, 6) is -0.839. The Morgan fingerprint density at radius 2 is 1.76 bits per heavy atom. The summed E-state index contributed by atoms with van der Waals surface area (Å²) in [5.41, 5.74) is 0. The molecule has 0 aromatic carbocycles. The van der Waals surface area contributed by atoms with Crippen LogP contribution in [0.15, 0.2) is 0 Å². The predicted octanol–water partition coefficient (Wildman–Crippen LogP) is -0.237. The maximum atomic E-state index is 11.8. The summed E-state index contributed by atoms with van der Waals surface area (Å²) in [7, 11) is -0.585. The number of hydrogen-bond acceptors (Lipinski definition) is 4. The van der Waals surface area contributed by atoms with E-state index in [1.54, 1.807) is 0 Å². The summed E-state index contributed by atoms with van der Waals surface area (Å²) >= 11 is 0. The van der Waals surface area contributed by atoms with Crippen LogP contribution in [0.5, 0.6) is 0 Å². The highest BCUT2D eigenvalue weighted by atomic mass is 32.2. The molecular weight excluding hydrogens is 244 g/mol. The lowest BCUT2D eigenvalue weighted by molar-refractivity contribution is -0.128. The van der Waals surface area contributed by atoms with Crippen molar-refractivity contribution in [2.75, 3.05) is 46.2 Å². The molecular formula is C10H22N2O4S. The Balaban J connectivity index is 4.48. The highest BCUT2D eigenvalue weighted by molar-refractivity contribution is 7.89. The lowest BCUT2D eigenvalue weighted by Gasteiger charge is -2.21. The number of nitrogens with zero attached hydrogens (tertiary/aromatic N) is 2. The molecule has 0 aromatic rings. The molecule has 0 saturated carbocycles. The van der Waals surface area contributed by atoms with E-state index in [4.69, 9.17) is 4.74 Å². The van der Waals surface area contributed by atoms with Gasteiger partial charge in [0.25, 0.3) is 0 Å². The molecule has 0 radical (unpaired) electrons. The molecule has 0 aromatic heterocycles. The van der Waals surface area contributed by atoms with Gasteiger partial charge < -0.3 is 9.64 Å². The van der Waals surface area contributed by atoms with Gasteiger partial charge >= 0.3 is 0 Å². The van der Waals surface area contributed by atoms with E-state index in [-0.39, 0.29) is 12.5 Å². The number of methoxy groups -OCH3 is 1. The van der Waals surface area contributed by atoms with Gasteiger partial charge in [0.2, 0.25) is 15.9 Å². The Kier molecular flexibility index (Phi) is 7.33. The summed E-state index contributed by atoms with van der Waals surface area (Å²) in [5, 5.41) is 0. The van der Waals surface area contributed by atoms with Gasteiger partial charge in [-0.25, -0.2) is 12.7 Å².